The molecule has 0 amide bonds. The predicted octanol–water partition coefficient (Wildman–Crippen LogP) is 5.07. The number of hydrogen-bond acceptors (Lipinski definition) is 2. The molecule has 1 saturated carbocycles. The van der Waals surface area contributed by atoms with Crippen LogP contribution in [0.3, 0.4) is 0 Å². The highest BCUT2D eigenvalue weighted by atomic mass is 19.2. The maximum atomic E-state index is 13.2. The van der Waals surface area contributed by atoms with Crippen LogP contribution in [0.2, 0.25) is 0 Å². The monoisotopic (exact) mass is 307 g/mol. The van der Waals surface area contributed by atoms with Gasteiger partial charge in [0.05, 0.1) is 0 Å². The smallest absolute Gasteiger partial charge is 0.160 e. The van der Waals surface area contributed by atoms with Crippen LogP contribution in [0, 0.1) is 23.0 Å². The van der Waals surface area contributed by atoms with E-state index in [0.29, 0.717) is 18.0 Å². The molecule has 0 saturated heterocycles. The maximum Gasteiger partial charge on any atom is 0.160 e. The molecule has 0 spiro atoms. The number of halogens is 2. The minimum atomic E-state index is -0.900. The lowest BCUT2D eigenvalue weighted by Crippen LogP contribution is -2.29. The van der Waals surface area contributed by atoms with Gasteiger partial charge in [0.1, 0.15) is 0 Å². The highest BCUT2D eigenvalue weighted by Gasteiger charge is 2.33. The van der Waals surface area contributed by atoms with Gasteiger partial charge < -0.3 is 5.32 Å². The fourth-order valence-electron chi connectivity index (χ4n) is 2.80. The lowest BCUT2D eigenvalue weighted by molar-refractivity contribution is -0.117. The molecule has 2 nitrogen and oxygen atoms in total. The lowest BCUT2D eigenvalue weighted by atomic mass is 9.68. The summed E-state index contributed by atoms with van der Waals surface area (Å²) < 4.78 is 26.1. The summed E-state index contributed by atoms with van der Waals surface area (Å²) in [5, 5.41) is 2.91. The van der Waals surface area contributed by atoms with Gasteiger partial charge in [-0.15, -0.1) is 0 Å². The van der Waals surface area contributed by atoms with Gasteiger partial charge >= 0.3 is 0 Å². The Morgan fingerprint density at radius 2 is 2.05 bits per heavy atom. The van der Waals surface area contributed by atoms with Crippen molar-refractivity contribution < 1.29 is 13.6 Å². The van der Waals surface area contributed by atoms with Crippen LogP contribution < -0.4 is 5.32 Å². The van der Waals surface area contributed by atoms with Gasteiger partial charge in [-0.05, 0) is 36.3 Å². The zero-order chi connectivity index (χ0) is 16.3. The normalized spacial score (nSPS) is 21.2. The molecule has 0 radical (unpaired) electrons. The summed E-state index contributed by atoms with van der Waals surface area (Å²) in [4.78, 5) is 12.1. The van der Waals surface area contributed by atoms with E-state index in [2.05, 4.69) is 26.1 Å². The summed E-state index contributed by atoms with van der Waals surface area (Å²) in [5.41, 5.74) is 1.38. The van der Waals surface area contributed by atoms with E-state index in [1.165, 1.54) is 6.07 Å². The molecule has 1 aliphatic carbocycles. The fraction of sp³-hybridized carbons (Fsp3) is 0.500. The number of anilines is 1. The molecule has 1 aliphatic rings. The van der Waals surface area contributed by atoms with Crippen LogP contribution >= 0.6 is 0 Å². The summed E-state index contributed by atoms with van der Waals surface area (Å²) in [6.07, 6.45) is 4.92. The second-order valence-corrected chi connectivity index (χ2v) is 6.65. The van der Waals surface area contributed by atoms with Gasteiger partial charge in [0.15, 0.2) is 17.4 Å². The number of hydrogen-bond donors (Lipinski definition) is 1. The van der Waals surface area contributed by atoms with E-state index in [9.17, 15) is 13.6 Å². The Hall–Kier alpha value is -1.71. The fourth-order valence-corrected chi connectivity index (χ4v) is 2.80. The molecule has 0 unspecified atom stereocenters. The van der Waals surface area contributed by atoms with Crippen molar-refractivity contribution in [1.29, 1.82) is 0 Å². The molecule has 0 bridgehead atoms. The summed E-state index contributed by atoms with van der Waals surface area (Å²) in [5.74, 6) is -1.17. The van der Waals surface area contributed by atoms with Crippen LogP contribution in [-0.4, -0.2) is 5.78 Å². The number of rotatable bonds is 4. The average molecular weight is 307 g/mol. The molecule has 1 aromatic carbocycles. The molecule has 0 heterocycles. The highest BCUT2D eigenvalue weighted by Crippen LogP contribution is 2.41. The third kappa shape index (κ3) is 3.73. The quantitative estimate of drug-likeness (QED) is 0.787. The van der Waals surface area contributed by atoms with Crippen molar-refractivity contribution in [3.63, 3.8) is 0 Å². The van der Waals surface area contributed by atoms with Crippen molar-refractivity contribution >= 4 is 11.5 Å². The van der Waals surface area contributed by atoms with Crippen molar-refractivity contribution in [1.82, 2.24) is 0 Å². The zero-order valence-electron chi connectivity index (χ0n) is 13.4. The highest BCUT2D eigenvalue weighted by molar-refractivity contribution is 5.96. The van der Waals surface area contributed by atoms with E-state index in [1.54, 1.807) is 6.20 Å². The van der Waals surface area contributed by atoms with Gasteiger partial charge in [-0.3, -0.25) is 4.79 Å². The van der Waals surface area contributed by atoms with Crippen molar-refractivity contribution in [2.75, 3.05) is 5.32 Å². The van der Waals surface area contributed by atoms with Crippen molar-refractivity contribution in [2.45, 2.75) is 46.5 Å². The lowest BCUT2D eigenvalue weighted by Gasteiger charge is -2.36. The standard InChI is InChI=1S/C18H23F2NO/c1-4-18(2,3)13-5-8-17(22)12(9-13)11-21-14-6-7-15(19)16(20)10-14/h6-7,10-11,13,21H,4-5,8-9H2,1-3H3/b12-11+/t13-/m1/s1. The van der Waals surface area contributed by atoms with E-state index in [0.717, 1.165) is 37.0 Å². The van der Waals surface area contributed by atoms with Gasteiger partial charge in [-0.2, -0.15) is 0 Å². The molecule has 0 aliphatic heterocycles. The van der Waals surface area contributed by atoms with Gasteiger partial charge in [0.2, 0.25) is 0 Å². The average Bonchev–Trinajstić information content (AvgIpc) is 2.49. The molecular formula is C18H23F2NO. The van der Waals surface area contributed by atoms with Crippen molar-refractivity contribution in [3.8, 4) is 0 Å². The first kappa shape index (κ1) is 16.7. The van der Waals surface area contributed by atoms with Crippen LogP contribution in [0.1, 0.15) is 46.5 Å². The molecular weight excluding hydrogens is 284 g/mol. The minimum absolute atomic E-state index is 0.137. The van der Waals surface area contributed by atoms with Crippen LogP contribution in [0.15, 0.2) is 30.0 Å². The Labute approximate surface area is 130 Å². The van der Waals surface area contributed by atoms with E-state index >= 15 is 0 Å². The van der Waals surface area contributed by atoms with E-state index in [-0.39, 0.29) is 11.2 Å². The minimum Gasteiger partial charge on any atom is -0.361 e. The number of nitrogens with one attached hydrogen (secondary N) is 1. The second-order valence-electron chi connectivity index (χ2n) is 6.65. The maximum absolute atomic E-state index is 13.2. The number of carbonyl (C=O) groups is 1. The van der Waals surface area contributed by atoms with Crippen LogP contribution in [0.5, 0.6) is 0 Å². The summed E-state index contributed by atoms with van der Waals surface area (Å²) in [6, 6.07) is 3.62. The zero-order valence-corrected chi connectivity index (χ0v) is 13.4. The van der Waals surface area contributed by atoms with Gasteiger partial charge in [-0.25, -0.2) is 8.78 Å². The Balaban J connectivity index is 2.11. The number of Topliss-reactive ketones (excluding diaryl/α,β-unsaturated/α-hetero) is 1. The summed E-state index contributed by atoms with van der Waals surface area (Å²) in [7, 11) is 0. The molecule has 4 heteroatoms. The first-order chi connectivity index (χ1) is 10.3. The van der Waals surface area contributed by atoms with E-state index < -0.39 is 11.6 Å². The first-order valence-corrected chi connectivity index (χ1v) is 7.77. The Bertz CT molecular complexity index is 593. The molecule has 22 heavy (non-hydrogen) atoms. The number of benzene rings is 1. The second kappa shape index (κ2) is 6.59. The molecule has 1 fully saturated rings. The molecule has 2 rings (SSSR count). The van der Waals surface area contributed by atoms with E-state index in [4.69, 9.17) is 0 Å². The Morgan fingerprint density at radius 1 is 1.32 bits per heavy atom. The number of carbonyl (C=O) groups excluding carboxylic acids is 1. The third-order valence-corrected chi connectivity index (χ3v) is 4.89. The summed E-state index contributed by atoms with van der Waals surface area (Å²) >= 11 is 0. The Morgan fingerprint density at radius 3 is 2.68 bits per heavy atom. The topological polar surface area (TPSA) is 29.1 Å². The van der Waals surface area contributed by atoms with Crippen molar-refractivity contribution in [2.24, 2.45) is 11.3 Å². The van der Waals surface area contributed by atoms with Gasteiger partial charge in [-0.1, -0.05) is 27.2 Å². The molecule has 1 atom stereocenters. The number of allylic oxidation sites excluding steroid dienone is 1. The number of ketones is 1. The van der Waals surface area contributed by atoms with Gasteiger partial charge in [0.25, 0.3) is 0 Å². The van der Waals surface area contributed by atoms with Crippen LogP contribution in [0.4, 0.5) is 14.5 Å². The third-order valence-electron chi connectivity index (χ3n) is 4.89. The molecule has 0 aromatic heterocycles. The van der Waals surface area contributed by atoms with Crippen LogP contribution in [-0.2, 0) is 4.79 Å². The SMILES string of the molecule is CCC(C)(C)[C@@H]1CCC(=O)/C(=C/Nc2ccc(F)c(F)c2)C1. The van der Waals surface area contributed by atoms with E-state index in [1.807, 2.05) is 0 Å². The van der Waals surface area contributed by atoms with Gasteiger partial charge in [0, 0.05) is 29.9 Å². The van der Waals surface area contributed by atoms with Crippen molar-refractivity contribution in [3.05, 3.63) is 41.6 Å². The summed E-state index contributed by atoms with van der Waals surface area (Å²) in [6.45, 7) is 6.63. The first-order valence-electron chi connectivity index (χ1n) is 7.77. The molecule has 1 N–H and O–H groups in total. The van der Waals surface area contributed by atoms with Crippen LogP contribution in [0.25, 0.3) is 0 Å². The molecule has 120 valence electrons. The largest absolute Gasteiger partial charge is 0.361 e. The Kier molecular flexibility index (Phi) is 4.99. The molecule has 1 aromatic rings. The predicted molar refractivity (Wildman–Crippen MR) is 84.5 cm³/mol.